The molecule has 2 N–H and O–H groups in total. The van der Waals surface area contributed by atoms with Crippen LogP contribution in [0.3, 0.4) is 0 Å². The van der Waals surface area contributed by atoms with Crippen molar-refractivity contribution in [3.05, 3.63) is 83.4 Å². The van der Waals surface area contributed by atoms with Gasteiger partial charge in [-0.15, -0.1) is 0 Å². The highest BCUT2D eigenvalue weighted by molar-refractivity contribution is 5.88. The molecule has 0 spiro atoms. The smallest absolute Gasteiger partial charge is 0.306 e. The Morgan fingerprint density at radius 1 is 1.00 bits per heavy atom. The van der Waals surface area contributed by atoms with E-state index in [-0.39, 0.29) is 17.9 Å². The number of fused-ring (bicyclic) bond motifs is 1. The van der Waals surface area contributed by atoms with E-state index in [0.717, 1.165) is 24.9 Å². The quantitative estimate of drug-likeness (QED) is 0.379. The van der Waals surface area contributed by atoms with Crippen molar-refractivity contribution >= 4 is 22.6 Å². The lowest BCUT2D eigenvalue weighted by molar-refractivity contribution is -0.147. The Kier molecular flexibility index (Phi) is 8.10. The number of aliphatic carboxylic acids is 1. The van der Waals surface area contributed by atoms with Crippen LogP contribution in [0.25, 0.3) is 10.8 Å². The largest absolute Gasteiger partial charge is 0.481 e. The van der Waals surface area contributed by atoms with E-state index in [9.17, 15) is 14.7 Å². The summed E-state index contributed by atoms with van der Waals surface area (Å²) >= 11 is 0. The lowest BCUT2D eigenvalue weighted by atomic mass is 9.82. The summed E-state index contributed by atoms with van der Waals surface area (Å²) in [6, 6.07) is 23.7. The molecule has 36 heavy (non-hydrogen) atoms. The van der Waals surface area contributed by atoms with Gasteiger partial charge in [-0.05, 0) is 80.5 Å². The first-order valence-corrected chi connectivity index (χ1v) is 13.1. The Morgan fingerprint density at radius 3 is 2.36 bits per heavy atom. The summed E-state index contributed by atoms with van der Waals surface area (Å²) < 4.78 is 0. The number of hydrogen-bond acceptors (Lipinski definition) is 3. The van der Waals surface area contributed by atoms with Gasteiger partial charge in [-0.3, -0.25) is 9.59 Å². The summed E-state index contributed by atoms with van der Waals surface area (Å²) in [7, 11) is 0. The van der Waals surface area contributed by atoms with Crippen molar-refractivity contribution < 1.29 is 14.7 Å². The predicted molar refractivity (Wildman–Crippen MR) is 145 cm³/mol. The molecule has 1 saturated heterocycles. The van der Waals surface area contributed by atoms with Gasteiger partial charge in [-0.25, -0.2) is 0 Å². The monoisotopic (exact) mass is 486 g/mol. The fraction of sp³-hybridized carbons (Fsp3) is 0.419. The normalized spacial score (nSPS) is 15.7. The summed E-state index contributed by atoms with van der Waals surface area (Å²) in [6.07, 6.45) is 3.08. The zero-order valence-electron chi connectivity index (χ0n) is 21.7. The van der Waals surface area contributed by atoms with Gasteiger partial charge < -0.3 is 15.3 Å². The number of nitrogens with one attached hydrogen (secondary N) is 1. The maximum absolute atomic E-state index is 13.2. The molecule has 0 aromatic heterocycles. The second-order valence-electron chi connectivity index (χ2n) is 10.6. The molecule has 3 aromatic carbocycles. The Bertz CT molecular complexity index is 1190. The van der Waals surface area contributed by atoms with Crippen LogP contribution in [0.15, 0.2) is 66.7 Å². The number of carbonyl (C=O) groups excluding carboxylic acids is 1. The average Bonchev–Trinajstić information content (AvgIpc) is 2.90. The second kappa shape index (κ2) is 11.3. The number of amides is 1. The van der Waals surface area contributed by atoms with Crippen molar-refractivity contribution in [2.45, 2.75) is 57.9 Å². The third kappa shape index (κ3) is 5.79. The molecule has 0 unspecified atom stereocenters. The maximum Gasteiger partial charge on any atom is 0.306 e. The van der Waals surface area contributed by atoms with Crippen molar-refractivity contribution in [1.82, 2.24) is 10.2 Å². The fourth-order valence-electron chi connectivity index (χ4n) is 5.29. The Labute approximate surface area is 214 Å². The van der Waals surface area contributed by atoms with Crippen LogP contribution in [0.2, 0.25) is 0 Å². The molecule has 1 aliphatic heterocycles. The van der Waals surface area contributed by atoms with Gasteiger partial charge in [-0.1, -0.05) is 66.7 Å². The van der Waals surface area contributed by atoms with Crippen LogP contribution >= 0.6 is 0 Å². The molecule has 1 fully saturated rings. The fourth-order valence-corrected chi connectivity index (χ4v) is 5.29. The summed E-state index contributed by atoms with van der Waals surface area (Å²) in [5.74, 6) is -1.01. The number of likely N-dealkylation sites (tertiary alicyclic amines) is 1. The summed E-state index contributed by atoms with van der Waals surface area (Å²) in [6.45, 7) is 8.11. The van der Waals surface area contributed by atoms with Crippen LogP contribution in [0.1, 0.15) is 62.8 Å². The van der Waals surface area contributed by atoms with Gasteiger partial charge in [0.1, 0.15) is 0 Å². The second-order valence-corrected chi connectivity index (χ2v) is 10.6. The average molecular weight is 487 g/mol. The molecule has 5 nitrogen and oxygen atoms in total. The van der Waals surface area contributed by atoms with Crippen LogP contribution in [0.5, 0.6) is 0 Å². The molecule has 0 bridgehead atoms. The van der Waals surface area contributed by atoms with Crippen molar-refractivity contribution in [3.63, 3.8) is 0 Å². The van der Waals surface area contributed by atoms with Gasteiger partial charge in [0.2, 0.25) is 5.91 Å². The number of nitrogens with zero attached hydrogens (tertiary/aromatic N) is 1. The minimum absolute atomic E-state index is 0.0747. The van der Waals surface area contributed by atoms with Gasteiger partial charge >= 0.3 is 5.97 Å². The minimum atomic E-state index is -0.754. The number of piperidine rings is 1. The van der Waals surface area contributed by atoms with Crippen LogP contribution in [0, 0.1) is 5.92 Å². The SMILES string of the molecule is C[C@@H](NCCCc1ccc(C(C)(C)C(=O)N2CCC(C(=O)O)CC2)cc1)c1cccc2ccccc12. The van der Waals surface area contributed by atoms with Gasteiger partial charge in [0.05, 0.1) is 11.3 Å². The van der Waals surface area contributed by atoms with E-state index >= 15 is 0 Å². The molecule has 1 amide bonds. The first-order chi connectivity index (χ1) is 17.3. The molecule has 190 valence electrons. The first kappa shape index (κ1) is 25.9. The molecule has 5 heteroatoms. The van der Waals surface area contributed by atoms with E-state index in [0.29, 0.717) is 25.9 Å². The van der Waals surface area contributed by atoms with Crippen LogP contribution in [-0.4, -0.2) is 41.5 Å². The van der Waals surface area contributed by atoms with E-state index < -0.39 is 11.4 Å². The van der Waals surface area contributed by atoms with E-state index in [1.807, 2.05) is 18.7 Å². The van der Waals surface area contributed by atoms with E-state index in [4.69, 9.17) is 0 Å². The lowest BCUT2D eigenvalue weighted by Gasteiger charge is -2.36. The van der Waals surface area contributed by atoms with Gasteiger partial charge in [0.25, 0.3) is 0 Å². The standard InChI is InChI=1S/C31H38N2O3/c1-22(27-12-6-10-24-9-4-5-11-28(24)27)32-19-7-8-23-13-15-26(16-14-23)31(2,3)30(36)33-20-17-25(18-21-33)29(34)35/h4-6,9-16,22,25,32H,7-8,17-21H2,1-3H3,(H,34,35)/t22-/m1/s1. The van der Waals surface area contributed by atoms with E-state index in [1.165, 1.54) is 21.9 Å². The predicted octanol–water partition coefficient (Wildman–Crippen LogP) is 5.72. The number of aryl methyl sites for hydroxylation is 1. The third-order valence-electron chi connectivity index (χ3n) is 7.72. The summed E-state index contributed by atoms with van der Waals surface area (Å²) in [5.41, 5.74) is 2.96. The molecular weight excluding hydrogens is 448 g/mol. The minimum Gasteiger partial charge on any atom is -0.481 e. The van der Waals surface area contributed by atoms with Crippen LogP contribution in [-0.2, 0) is 21.4 Å². The van der Waals surface area contributed by atoms with Crippen molar-refractivity contribution in [3.8, 4) is 0 Å². The zero-order valence-corrected chi connectivity index (χ0v) is 21.7. The molecule has 1 atom stereocenters. The van der Waals surface area contributed by atoms with Gasteiger partial charge in [0, 0.05) is 19.1 Å². The third-order valence-corrected chi connectivity index (χ3v) is 7.72. The summed E-state index contributed by atoms with van der Waals surface area (Å²) in [4.78, 5) is 26.3. The summed E-state index contributed by atoms with van der Waals surface area (Å²) in [5, 5.41) is 15.5. The van der Waals surface area contributed by atoms with Crippen LogP contribution in [0.4, 0.5) is 0 Å². The highest BCUT2D eigenvalue weighted by Gasteiger charge is 2.36. The number of rotatable bonds is 9. The van der Waals surface area contributed by atoms with Gasteiger partial charge in [0.15, 0.2) is 0 Å². The molecule has 1 aliphatic rings. The zero-order chi connectivity index (χ0) is 25.7. The number of carboxylic acids is 1. The lowest BCUT2D eigenvalue weighted by Crippen LogP contribution is -2.47. The Hall–Kier alpha value is -3.18. The molecule has 0 saturated carbocycles. The highest BCUT2D eigenvalue weighted by Crippen LogP contribution is 2.29. The molecule has 0 radical (unpaired) electrons. The number of hydrogen-bond donors (Lipinski definition) is 2. The topological polar surface area (TPSA) is 69.6 Å². The molecule has 0 aliphatic carbocycles. The van der Waals surface area contributed by atoms with Gasteiger partial charge in [-0.2, -0.15) is 0 Å². The number of carbonyl (C=O) groups is 2. The van der Waals surface area contributed by atoms with Crippen molar-refractivity contribution in [2.24, 2.45) is 5.92 Å². The van der Waals surface area contributed by atoms with Crippen LogP contribution < -0.4 is 5.32 Å². The molecule has 3 aromatic rings. The van der Waals surface area contributed by atoms with Crippen molar-refractivity contribution in [1.29, 1.82) is 0 Å². The van der Waals surface area contributed by atoms with Crippen molar-refractivity contribution in [2.75, 3.05) is 19.6 Å². The first-order valence-electron chi connectivity index (χ1n) is 13.1. The molecule has 1 heterocycles. The van der Waals surface area contributed by atoms with E-state index in [1.54, 1.807) is 0 Å². The number of carboxylic acid groups (broad SMARTS) is 1. The highest BCUT2D eigenvalue weighted by atomic mass is 16.4. The van der Waals surface area contributed by atoms with E-state index in [2.05, 4.69) is 79.0 Å². The molecular formula is C31H38N2O3. The Balaban J connectivity index is 1.28. The maximum atomic E-state index is 13.2. The Morgan fingerprint density at radius 2 is 1.67 bits per heavy atom. The number of benzene rings is 3. The molecule has 4 rings (SSSR count).